The molecule has 1 aromatic rings. The van der Waals surface area contributed by atoms with Gasteiger partial charge in [-0.25, -0.2) is 4.39 Å². The summed E-state index contributed by atoms with van der Waals surface area (Å²) in [5, 5.41) is 9.41. The molecule has 0 spiro atoms. The van der Waals surface area contributed by atoms with E-state index in [1.54, 1.807) is 13.0 Å². The third-order valence-electron chi connectivity index (χ3n) is 2.71. The van der Waals surface area contributed by atoms with Crippen LogP contribution in [-0.4, -0.2) is 29.2 Å². The lowest BCUT2D eigenvalue weighted by atomic mass is 10.1. The van der Waals surface area contributed by atoms with Gasteiger partial charge in [0.1, 0.15) is 5.82 Å². The van der Waals surface area contributed by atoms with E-state index in [4.69, 9.17) is 0 Å². The molecule has 2 nitrogen and oxygen atoms in total. The van der Waals surface area contributed by atoms with E-state index in [1.165, 1.54) is 12.1 Å². The maximum absolute atomic E-state index is 12.9. The molecule has 15 heavy (non-hydrogen) atoms. The molecule has 1 aromatic carbocycles. The summed E-state index contributed by atoms with van der Waals surface area (Å²) in [5.74, 6) is -0.217. The summed E-state index contributed by atoms with van der Waals surface area (Å²) in [5.41, 5.74) is 0.921. The van der Waals surface area contributed by atoms with Gasteiger partial charge in [0.2, 0.25) is 0 Å². The normalized spacial score (nSPS) is 15.3. The SMILES string of the molecule is CC(O)C(C)N(C)Cc1cccc(F)c1. The molecule has 0 amide bonds. The predicted octanol–water partition coefficient (Wildman–Crippen LogP) is 2.03. The highest BCUT2D eigenvalue weighted by molar-refractivity contribution is 5.16. The first-order valence-electron chi connectivity index (χ1n) is 5.13. The summed E-state index contributed by atoms with van der Waals surface area (Å²) in [4.78, 5) is 2.00. The average molecular weight is 211 g/mol. The highest BCUT2D eigenvalue weighted by Gasteiger charge is 2.14. The second-order valence-electron chi connectivity index (χ2n) is 4.03. The molecule has 0 aromatic heterocycles. The Bertz CT molecular complexity index is 314. The third kappa shape index (κ3) is 3.61. The Kier molecular flexibility index (Phi) is 4.24. The molecule has 0 heterocycles. The number of rotatable bonds is 4. The van der Waals surface area contributed by atoms with Crippen LogP contribution in [0.4, 0.5) is 4.39 Å². The molecule has 3 heteroatoms. The van der Waals surface area contributed by atoms with E-state index < -0.39 is 0 Å². The number of aliphatic hydroxyl groups is 1. The molecule has 2 atom stereocenters. The van der Waals surface area contributed by atoms with Crippen LogP contribution in [-0.2, 0) is 6.54 Å². The maximum atomic E-state index is 12.9. The standard InChI is InChI=1S/C12H18FNO/c1-9(10(2)15)14(3)8-11-5-4-6-12(13)7-11/h4-7,9-10,15H,8H2,1-3H3. The van der Waals surface area contributed by atoms with Crippen LogP contribution in [0, 0.1) is 5.82 Å². The molecule has 84 valence electrons. The number of hydrogen-bond acceptors (Lipinski definition) is 2. The first-order chi connectivity index (χ1) is 7.00. The topological polar surface area (TPSA) is 23.5 Å². The molecular formula is C12H18FNO. The highest BCUT2D eigenvalue weighted by Crippen LogP contribution is 2.10. The largest absolute Gasteiger partial charge is 0.392 e. The molecule has 0 aliphatic rings. The molecular weight excluding hydrogens is 193 g/mol. The molecule has 0 radical (unpaired) electrons. The van der Waals surface area contributed by atoms with Gasteiger partial charge in [-0.1, -0.05) is 12.1 Å². The van der Waals surface area contributed by atoms with Gasteiger partial charge in [-0.15, -0.1) is 0 Å². The summed E-state index contributed by atoms with van der Waals surface area (Å²) < 4.78 is 12.9. The van der Waals surface area contributed by atoms with Crippen LogP contribution in [0.15, 0.2) is 24.3 Å². The molecule has 1 rings (SSSR count). The van der Waals surface area contributed by atoms with Crippen molar-refractivity contribution >= 4 is 0 Å². The van der Waals surface area contributed by atoms with E-state index in [9.17, 15) is 9.50 Å². The van der Waals surface area contributed by atoms with Crippen molar-refractivity contribution in [1.82, 2.24) is 4.90 Å². The van der Waals surface area contributed by atoms with Crippen LogP contribution in [0.1, 0.15) is 19.4 Å². The molecule has 2 unspecified atom stereocenters. The van der Waals surface area contributed by atoms with Crippen molar-refractivity contribution in [3.63, 3.8) is 0 Å². The van der Waals surface area contributed by atoms with Crippen LogP contribution in [0.3, 0.4) is 0 Å². The van der Waals surface area contributed by atoms with Gasteiger partial charge in [0, 0.05) is 12.6 Å². The lowest BCUT2D eigenvalue weighted by Crippen LogP contribution is -2.36. The fourth-order valence-corrected chi connectivity index (χ4v) is 1.44. The van der Waals surface area contributed by atoms with Crippen LogP contribution in [0.25, 0.3) is 0 Å². The lowest BCUT2D eigenvalue weighted by molar-refractivity contribution is 0.0827. The number of nitrogens with zero attached hydrogens (tertiary/aromatic N) is 1. The minimum atomic E-state index is -0.386. The molecule has 0 fully saturated rings. The smallest absolute Gasteiger partial charge is 0.123 e. The monoisotopic (exact) mass is 211 g/mol. The van der Waals surface area contributed by atoms with Gasteiger partial charge in [-0.2, -0.15) is 0 Å². The van der Waals surface area contributed by atoms with Crippen molar-refractivity contribution in [2.45, 2.75) is 32.5 Å². The predicted molar refractivity (Wildman–Crippen MR) is 59.0 cm³/mol. The van der Waals surface area contributed by atoms with Gasteiger partial charge in [-0.05, 0) is 38.6 Å². The number of halogens is 1. The van der Waals surface area contributed by atoms with Crippen molar-refractivity contribution in [2.75, 3.05) is 7.05 Å². The zero-order chi connectivity index (χ0) is 11.4. The first kappa shape index (κ1) is 12.1. The number of hydrogen-bond donors (Lipinski definition) is 1. The quantitative estimate of drug-likeness (QED) is 0.823. The first-order valence-corrected chi connectivity index (χ1v) is 5.13. The summed E-state index contributed by atoms with van der Waals surface area (Å²) >= 11 is 0. The van der Waals surface area contributed by atoms with Gasteiger partial charge < -0.3 is 5.11 Å². The maximum Gasteiger partial charge on any atom is 0.123 e. The van der Waals surface area contributed by atoms with Crippen LogP contribution >= 0.6 is 0 Å². The third-order valence-corrected chi connectivity index (χ3v) is 2.71. The van der Waals surface area contributed by atoms with Crippen molar-refractivity contribution in [1.29, 1.82) is 0 Å². The van der Waals surface area contributed by atoms with Gasteiger partial charge in [0.05, 0.1) is 6.10 Å². The second-order valence-corrected chi connectivity index (χ2v) is 4.03. The molecule has 1 N–H and O–H groups in total. The fourth-order valence-electron chi connectivity index (χ4n) is 1.44. The number of benzene rings is 1. The minimum absolute atomic E-state index is 0.0632. The van der Waals surface area contributed by atoms with E-state index >= 15 is 0 Å². The van der Waals surface area contributed by atoms with Gasteiger partial charge in [-0.3, -0.25) is 4.90 Å². The summed E-state index contributed by atoms with van der Waals surface area (Å²) in [7, 11) is 1.92. The molecule has 0 bridgehead atoms. The highest BCUT2D eigenvalue weighted by atomic mass is 19.1. The molecule has 0 saturated carbocycles. The number of aliphatic hydroxyl groups excluding tert-OH is 1. The van der Waals surface area contributed by atoms with E-state index in [2.05, 4.69) is 0 Å². The van der Waals surface area contributed by atoms with Crippen LogP contribution < -0.4 is 0 Å². The van der Waals surface area contributed by atoms with Crippen LogP contribution in [0.5, 0.6) is 0 Å². The van der Waals surface area contributed by atoms with E-state index in [0.717, 1.165) is 5.56 Å². The van der Waals surface area contributed by atoms with Gasteiger partial charge >= 0.3 is 0 Å². The van der Waals surface area contributed by atoms with Crippen molar-refractivity contribution in [3.05, 3.63) is 35.6 Å². The molecule has 0 saturated heterocycles. The Labute approximate surface area is 90.3 Å². The summed E-state index contributed by atoms with van der Waals surface area (Å²) in [6, 6.07) is 6.60. The zero-order valence-electron chi connectivity index (χ0n) is 9.44. The molecule has 0 aliphatic heterocycles. The second kappa shape index (κ2) is 5.24. The average Bonchev–Trinajstić information content (AvgIpc) is 2.16. The van der Waals surface area contributed by atoms with Gasteiger partial charge in [0.25, 0.3) is 0 Å². The Hall–Kier alpha value is -0.930. The number of likely N-dealkylation sites (N-methyl/N-ethyl adjacent to an activating group) is 1. The Balaban J connectivity index is 2.62. The van der Waals surface area contributed by atoms with Crippen molar-refractivity contribution < 1.29 is 9.50 Å². The van der Waals surface area contributed by atoms with E-state index in [0.29, 0.717) is 6.54 Å². The Morgan fingerprint density at radius 2 is 2.07 bits per heavy atom. The minimum Gasteiger partial charge on any atom is -0.392 e. The van der Waals surface area contributed by atoms with Crippen LogP contribution in [0.2, 0.25) is 0 Å². The van der Waals surface area contributed by atoms with Crippen molar-refractivity contribution in [3.8, 4) is 0 Å². The Morgan fingerprint density at radius 1 is 1.40 bits per heavy atom. The lowest BCUT2D eigenvalue weighted by Gasteiger charge is -2.26. The zero-order valence-corrected chi connectivity index (χ0v) is 9.44. The molecule has 0 aliphatic carbocycles. The summed E-state index contributed by atoms with van der Waals surface area (Å²) in [6.45, 7) is 4.35. The Morgan fingerprint density at radius 3 is 2.60 bits per heavy atom. The van der Waals surface area contributed by atoms with Crippen molar-refractivity contribution in [2.24, 2.45) is 0 Å². The van der Waals surface area contributed by atoms with Gasteiger partial charge in [0.15, 0.2) is 0 Å². The summed E-state index contributed by atoms with van der Waals surface area (Å²) in [6.07, 6.45) is -0.386. The fraction of sp³-hybridized carbons (Fsp3) is 0.500. The van der Waals surface area contributed by atoms with E-state index in [1.807, 2.05) is 24.9 Å². The van der Waals surface area contributed by atoms with E-state index in [-0.39, 0.29) is 18.0 Å².